The van der Waals surface area contributed by atoms with Crippen LogP contribution in [0.15, 0.2) is 39.8 Å². The Bertz CT molecular complexity index is 1350. The van der Waals surface area contributed by atoms with Crippen LogP contribution in [0, 0.1) is 5.82 Å². The van der Waals surface area contributed by atoms with Gasteiger partial charge in [0.15, 0.2) is 17.7 Å². The van der Waals surface area contributed by atoms with Crippen LogP contribution in [-0.2, 0) is 13.1 Å². The number of aliphatic hydroxyl groups is 2. The highest BCUT2D eigenvalue weighted by Gasteiger charge is 2.28. The Kier molecular flexibility index (Phi) is 4.83. The first-order valence-electron chi connectivity index (χ1n) is 9.66. The highest BCUT2D eigenvalue weighted by molar-refractivity contribution is 5.77. The van der Waals surface area contributed by atoms with Gasteiger partial charge in [-0.3, -0.25) is 9.36 Å². The molecule has 0 radical (unpaired) electrons. The van der Waals surface area contributed by atoms with E-state index in [1.54, 1.807) is 13.1 Å². The molecule has 4 heterocycles. The van der Waals surface area contributed by atoms with Crippen molar-refractivity contribution in [2.45, 2.75) is 25.4 Å². The minimum Gasteiger partial charge on any atom is -0.471 e. The Labute approximate surface area is 179 Å². The third-order valence-electron chi connectivity index (χ3n) is 5.12. The first-order valence-corrected chi connectivity index (χ1v) is 9.66. The molecule has 1 aromatic carbocycles. The number of furan rings is 1. The number of likely N-dealkylation sites (N-methyl/N-ethyl adjacent to an activating group) is 1. The standard InChI is InChI=1S/C19H18FN7O5/c1-25-16(29)8-31-18-17(25)19(30)26(9-21-18)7-15-22-24-27(23-15)6-12(28)14-5-10-4-11(20)2-3-13(10)32-14/h2-5,9,12,16,28-29H,6-8H2,1H3/t12-,16?/m0/s1. The molecule has 0 spiro atoms. The molecular weight excluding hydrogens is 425 g/mol. The van der Waals surface area contributed by atoms with Crippen LogP contribution in [0.25, 0.3) is 11.0 Å². The van der Waals surface area contributed by atoms with Crippen molar-refractivity contribution in [3.8, 4) is 5.88 Å². The summed E-state index contributed by atoms with van der Waals surface area (Å²) in [7, 11) is 1.57. The summed E-state index contributed by atoms with van der Waals surface area (Å²) in [6.45, 7) is -0.0726. The van der Waals surface area contributed by atoms with Gasteiger partial charge in [-0.05, 0) is 29.5 Å². The van der Waals surface area contributed by atoms with Gasteiger partial charge in [-0.15, -0.1) is 10.2 Å². The molecule has 12 nitrogen and oxygen atoms in total. The molecular formula is C19H18FN7O5. The van der Waals surface area contributed by atoms with Crippen LogP contribution in [-0.4, -0.2) is 59.9 Å². The van der Waals surface area contributed by atoms with Gasteiger partial charge in [0.05, 0.1) is 13.1 Å². The van der Waals surface area contributed by atoms with Crippen LogP contribution in [0.4, 0.5) is 10.1 Å². The number of ether oxygens (including phenoxy) is 1. The zero-order valence-corrected chi connectivity index (χ0v) is 16.8. The minimum atomic E-state index is -1.09. The maximum Gasteiger partial charge on any atom is 0.281 e. The van der Waals surface area contributed by atoms with E-state index >= 15 is 0 Å². The lowest BCUT2D eigenvalue weighted by Crippen LogP contribution is -2.44. The van der Waals surface area contributed by atoms with Crippen molar-refractivity contribution in [3.05, 3.63) is 58.3 Å². The van der Waals surface area contributed by atoms with Crippen LogP contribution in [0.1, 0.15) is 17.7 Å². The minimum absolute atomic E-state index is 0.0122. The first kappa shape index (κ1) is 20.1. The van der Waals surface area contributed by atoms with E-state index in [9.17, 15) is 19.4 Å². The molecule has 1 aliphatic rings. The van der Waals surface area contributed by atoms with E-state index in [2.05, 4.69) is 20.4 Å². The van der Waals surface area contributed by atoms with Gasteiger partial charge >= 0.3 is 0 Å². The van der Waals surface area contributed by atoms with Gasteiger partial charge in [-0.25, -0.2) is 9.37 Å². The average Bonchev–Trinajstić information content (AvgIpc) is 3.39. The van der Waals surface area contributed by atoms with E-state index < -0.39 is 23.7 Å². The smallest absolute Gasteiger partial charge is 0.281 e. The van der Waals surface area contributed by atoms with Crippen LogP contribution >= 0.6 is 0 Å². The number of halogens is 1. The predicted molar refractivity (Wildman–Crippen MR) is 106 cm³/mol. The molecule has 5 rings (SSSR count). The molecule has 1 aliphatic heterocycles. The number of tetrazole rings is 1. The second-order valence-corrected chi connectivity index (χ2v) is 7.34. The van der Waals surface area contributed by atoms with Crippen molar-refractivity contribution in [2.75, 3.05) is 18.6 Å². The van der Waals surface area contributed by atoms with Crippen molar-refractivity contribution in [2.24, 2.45) is 0 Å². The van der Waals surface area contributed by atoms with Crippen molar-refractivity contribution in [1.82, 2.24) is 29.8 Å². The quantitative estimate of drug-likeness (QED) is 0.434. The Hall–Kier alpha value is -3.84. The molecule has 0 saturated carbocycles. The fourth-order valence-corrected chi connectivity index (χ4v) is 3.41. The van der Waals surface area contributed by atoms with Crippen LogP contribution < -0.4 is 15.2 Å². The second-order valence-electron chi connectivity index (χ2n) is 7.34. The maximum absolute atomic E-state index is 13.4. The van der Waals surface area contributed by atoms with E-state index in [1.165, 1.54) is 38.8 Å². The number of aliphatic hydroxyl groups excluding tert-OH is 2. The molecule has 4 aromatic rings. The molecule has 0 amide bonds. The van der Waals surface area contributed by atoms with Gasteiger partial charge in [-0.2, -0.15) is 4.80 Å². The number of nitrogens with zero attached hydrogens (tertiary/aromatic N) is 7. The molecule has 0 bridgehead atoms. The third kappa shape index (κ3) is 3.56. The summed E-state index contributed by atoms with van der Waals surface area (Å²) >= 11 is 0. The van der Waals surface area contributed by atoms with Gasteiger partial charge in [0.25, 0.3) is 5.56 Å². The molecule has 13 heteroatoms. The molecule has 0 saturated heterocycles. The van der Waals surface area contributed by atoms with Gasteiger partial charge in [0.2, 0.25) is 5.88 Å². The first-order chi connectivity index (χ1) is 15.4. The number of benzene rings is 1. The van der Waals surface area contributed by atoms with Crippen LogP contribution in [0.3, 0.4) is 0 Å². The number of fused-ring (bicyclic) bond motifs is 2. The maximum atomic E-state index is 13.4. The van der Waals surface area contributed by atoms with Gasteiger partial charge in [-0.1, -0.05) is 0 Å². The largest absolute Gasteiger partial charge is 0.471 e. The number of rotatable bonds is 5. The SMILES string of the molecule is CN1c2c(ncn(Cc3nnn(C[C@H](O)c4cc5cc(F)ccc5o4)n3)c2=O)OCC1O. The molecule has 0 fully saturated rings. The summed E-state index contributed by atoms with van der Waals surface area (Å²) in [5.41, 5.74) is 0.156. The van der Waals surface area contributed by atoms with Crippen LogP contribution in [0.5, 0.6) is 5.88 Å². The predicted octanol–water partition coefficient (Wildman–Crippen LogP) is 0.0440. The monoisotopic (exact) mass is 443 g/mol. The Morgan fingerprint density at radius 1 is 1.34 bits per heavy atom. The highest BCUT2D eigenvalue weighted by Crippen LogP contribution is 2.26. The van der Waals surface area contributed by atoms with E-state index in [-0.39, 0.29) is 42.8 Å². The Balaban J connectivity index is 1.32. The highest BCUT2D eigenvalue weighted by atomic mass is 19.1. The number of aromatic nitrogens is 6. The van der Waals surface area contributed by atoms with Crippen LogP contribution in [0.2, 0.25) is 0 Å². The molecule has 1 unspecified atom stereocenters. The number of hydrogen-bond donors (Lipinski definition) is 2. The molecule has 0 aliphatic carbocycles. The second kappa shape index (κ2) is 7.69. The number of hydrogen-bond acceptors (Lipinski definition) is 10. The molecule has 32 heavy (non-hydrogen) atoms. The van der Waals surface area contributed by atoms with Crippen molar-refractivity contribution in [3.63, 3.8) is 0 Å². The van der Waals surface area contributed by atoms with E-state index in [0.29, 0.717) is 11.0 Å². The summed E-state index contributed by atoms with van der Waals surface area (Å²) in [6, 6.07) is 5.62. The molecule has 2 atom stereocenters. The van der Waals surface area contributed by atoms with E-state index in [1.807, 2.05) is 0 Å². The molecule has 2 N–H and O–H groups in total. The van der Waals surface area contributed by atoms with Crippen molar-refractivity contribution < 1.29 is 23.8 Å². The topological polar surface area (TPSA) is 145 Å². The zero-order chi connectivity index (χ0) is 22.4. The third-order valence-corrected chi connectivity index (χ3v) is 5.12. The van der Waals surface area contributed by atoms with Gasteiger partial charge in [0.1, 0.15) is 36.2 Å². The zero-order valence-electron chi connectivity index (χ0n) is 16.8. The normalized spacial score (nSPS) is 16.8. The fraction of sp³-hybridized carbons (Fsp3) is 0.316. The summed E-state index contributed by atoms with van der Waals surface area (Å²) < 4.78 is 25.5. The lowest BCUT2D eigenvalue weighted by atomic mass is 10.2. The average molecular weight is 443 g/mol. The van der Waals surface area contributed by atoms with Gasteiger partial charge < -0.3 is 24.3 Å². The fourth-order valence-electron chi connectivity index (χ4n) is 3.41. The molecule has 3 aromatic heterocycles. The van der Waals surface area contributed by atoms with Gasteiger partial charge in [0, 0.05) is 12.4 Å². The molecule has 166 valence electrons. The lowest BCUT2D eigenvalue weighted by molar-refractivity contribution is 0.0914. The lowest BCUT2D eigenvalue weighted by Gasteiger charge is -2.30. The Morgan fingerprint density at radius 3 is 3.03 bits per heavy atom. The summed E-state index contributed by atoms with van der Waals surface area (Å²) in [4.78, 5) is 19.5. The Morgan fingerprint density at radius 2 is 2.19 bits per heavy atom. The van der Waals surface area contributed by atoms with Crippen molar-refractivity contribution in [1.29, 1.82) is 0 Å². The summed E-state index contributed by atoms with van der Waals surface area (Å²) in [6.07, 6.45) is -0.744. The number of anilines is 1. The van der Waals surface area contributed by atoms with E-state index in [0.717, 1.165) is 0 Å². The summed E-state index contributed by atoms with van der Waals surface area (Å²) in [5, 5.41) is 32.9. The summed E-state index contributed by atoms with van der Waals surface area (Å²) in [5.74, 6) is 0.194. The van der Waals surface area contributed by atoms with Crippen molar-refractivity contribution >= 4 is 16.7 Å². The van der Waals surface area contributed by atoms with E-state index in [4.69, 9.17) is 9.15 Å².